The second kappa shape index (κ2) is 5.49. The van der Waals surface area contributed by atoms with Gasteiger partial charge in [0.05, 0.1) is 10.8 Å². The number of nitrogens with zero attached hydrogens (tertiary/aromatic N) is 2. The molecule has 1 aliphatic heterocycles. The van der Waals surface area contributed by atoms with Crippen LogP contribution in [0.3, 0.4) is 0 Å². The van der Waals surface area contributed by atoms with Crippen LogP contribution in [-0.2, 0) is 4.79 Å². The second-order valence-corrected chi connectivity index (χ2v) is 5.44. The Morgan fingerprint density at radius 1 is 1.45 bits per heavy atom. The molecule has 1 aromatic rings. The maximum atomic E-state index is 12.3. The van der Waals surface area contributed by atoms with Crippen LogP contribution in [0.15, 0.2) is 18.2 Å². The summed E-state index contributed by atoms with van der Waals surface area (Å²) in [6, 6.07) is 3.19. The minimum Gasteiger partial charge on any atom is -0.480 e. The van der Waals surface area contributed by atoms with Crippen molar-refractivity contribution in [3.63, 3.8) is 0 Å². The van der Waals surface area contributed by atoms with Crippen LogP contribution in [0.25, 0.3) is 0 Å². The standard InChI is InChI=1S/C12H12N2O5S/c1-7-2-8(4-9(3-7)14(18)19)11(15)13-6-20-5-10(13)12(16)17/h2-4,10H,5-6H2,1H3,(H,16,17)/t10-/m0/s1. The van der Waals surface area contributed by atoms with Crippen LogP contribution in [0.5, 0.6) is 0 Å². The van der Waals surface area contributed by atoms with Gasteiger partial charge in [-0.05, 0) is 18.6 Å². The SMILES string of the molecule is Cc1cc(C(=O)N2CSC[C@H]2C(=O)O)cc([N+](=O)[O-])c1. The number of thioether (sulfide) groups is 1. The van der Waals surface area contributed by atoms with Crippen molar-refractivity contribution in [1.82, 2.24) is 4.90 Å². The fourth-order valence-corrected chi connectivity index (χ4v) is 3.15. The van der Waals surface area contributed by atoms with E-state index < -0.39 is 22.8 Å². The van der Waals surface area contributed by atoms with Crippen molar-refractivity contribution in [2.45, 2.75) is 13.0 Å². The Morgan fingerprint density at radius 3 is 2.75 bits per heavy atom. The average molecular weight is 296 g/mol. The van der Waals surface area contributed by atoms with E-state index in [0.29, 0.717) is 11.3 Å². The second-order valence-electron chi connectivity index (χ2n) is 4.44. The third kappa shape index (κ3) is 2.74. The lowest BCUT2D eigenvalue weighted by molar-refractivity contribution is -0.384. The predicted octanol–water partition coefficient (Wildman–Crippen LogP) is 1.50. The van der Waals surface area contributed by atoms with Crippen LogP contribution < -0.4 is 0 Å². The molecule has 0 aliphatic carbocycles. The number of nitro groups is 1. The molecule has 0 aromatic heterocycles. The van der Waals surface area contributed by atoms with Crippen LogP contribution in [0, 0.1) is 17.0 Å². The van der Waals surface area contributed by atoms with Gasteiger partial charge in [-0.25, -0.2) is 4.79 Å². The molecule has 0 saturated carbocycles. The monoisotopic (exact) mass is 296 g/mol. The van der Waals surface area contributed by atoms with E-state index in [1.54, 1.807) is 6.92 Å². The van der Waals surface area contributed by atoms with E-state index in [4.69, 9.17) is 5.11 Å². The first-order valence-electron chi connectivity index (χ1n) is 5.77. The summed E-state index contributed by atoms with van der Waals surface area (Å²) in [4.78, 5) is 34.8. The van der Waals surface area contributed by atoms with Crippen LogP contribution in [-0.4, -0.2) is 44.5 Å². The van der Waals surface area contributed by atoms with E-state index in [9.17, 15) is 19.7 Å². The molecule has 0 spiro atoms. The quantitative estimate of drug-likeness (QED) is 0.670. The highest BCUT2D eigenvalue weighted by Gasteiger charge is 2.35. The molecule has 1 fully saturated rings. The zero-order chi connectivity index (χ0) is 14.9. The molecule has 1 atom stereocenters. The van der Waals surface area contributed by atoms with Gasteiger partial charge in [0.25, 0.3) is 11.6 Å². The summed E-state index contributed by atoms with van der Waals surface area (Å²) in [5, 5.41) is 19.9. The Labute approximate surface area is 118 Å². The van der Waals surface area contributed by atoms with E-state index in [0.717, 1.165) is 0 Å². The molecule has 0 bridgehead atoms. The number of rotatable bonds is 3. The molecule has 0 unspecified atom stereocenters. The summed E-state index contributed by atoms with van der Waals surface area (Å²) >= 11 is 1.35. The van der Waals surface area contributed by atoms with E-state index in [-0.39, 0.29) is 17.1 Å². The Hall–Kier alpha value is -2.09. The fraction of sp³-hybridized carbons (Fsp3) is 0.333. The number of non-ortho nitro benzene ring substituents is 1. The Balaban J connectivity index is 2.33. The van der Waals surface area contributed by atoms with Crippen molar-refractivity contribution in [3.05, 3.63) is 39.4 Å². The summed E-state index contributed by atoms with van der Waals surface area (Å²) in [5.41, 5.74) is 0.554. The largest absolute Gasteiger partial charge is 0.480 e. The molecule has 1 aliphatic rings. The number of carbonyl (C=O) groups excluding carboxylic acids is 1. The smallest absolute Gasteiger partial charge is 0.327 e. The lowest BCUT2D eigenvalue weighted by Crippen LogP contribution is -2.41. The number of aryl methyl sites for hydroxylation is 1. The van der Waals surface area contributed by atoms with Gasteiger partial charge in [-0.2, -0.15) is 0 Å². The average Bonchev–Trinajstić information content (AvgIpc) is 2.86. The van der Waals surface area contributed by atoms with Gasteiger partial charge >= 0.3 is 5.97 Å². The third-order valence-electron chi connectivity index (χ3n) is 2.95. The summed E-state index contributed by atoms with van der Waals surface area (Å²) in [5.74, 6) is -0.952. The molecule has 20 heavy (non-hydrogen) atoms. The van der Waals surface area contributed by atoms with Gasteiger partial charge in [0.1, 0.15) is 6.04 Å². The fourth-order valence-electron chi connectivity index (χ4n) is 2.00. The van der Waals surface area contributed by atoms with Crippen molar-refractivity contribution in [3.8, 4) is 0 Å². The number of carboxylic acid groups (broad SMARTS) is 1. The van der Waals surface area contributed by atoms with Crippen LogP contribution in [0.1, 0.15) is 15.9 Å². The van der Waals surface area contributed by atoms with E-state index >= 15 is 0 Å². The molecule has 1 N–H and O–H groups in total. The molecule has 0 radical (unpaired) electrons. The highest BCUT2D eigenvalue weighted by atomic mass is 32.2. The minimum atomic E-state index is -1.06. The number of carbonyl (C=O) groups is 2. The zero-order valence-corrected chi connectivity index (χ0v) is 11.4. The maximum Gasteiger partial charge on any atom is 0.327 e. The minimum absolute atomic E-state index is 0.144. The van der Waals surface area contributed by atoms with Crippen LogP contribution >= 0.6 is 11.8 Å². The highest BCUT2D eigenvalue weighted by molar-refractivity contribution is 7.99. The first kappa shape index (κ1) is 14.3. The number of aliphatic carboxylic acids is 1. The van der Waals surface area contributed by atoms with E-state index in [1.165, 1.54) is 34.9 Å². The zero-order valence-electron chi connectivity index (χ0n) is 10.6. The van der Waals surface area contributed by atoms with Crippen molar-refractivity contribution < 1.29 is 19.6 Å². The van der Waals surface area contributed by atoms with Crippen molar-refractivity contribution in [1.29, 1.82) is 0 Å². The number of carboxylic acids is 1. The number of benzene rings is 1. The molecule has 1 saturated heterocycles. The van der Waals surface area contributed by atoms with E-state index in [1.807, 2.05) is 0 Å². The molecule has 8 heteroatoms. The van der Waals surface area contributed by atoms with E-state index in [2.05, 4.69) is 0 Å². The molecule has 106 valence electrons. The molecule has 2 rings (SSSR count). The van der Waals surface area contributed by atoms with Gasteiger partial charge in [-0.1, -0.05) is 0 Å². The van der Waals surface area contributed by atoms with Crippen molar-refractivity contribution in [2.75, 3.05) is 11.6 Å². The van der Waals surface area contributed by atoms with Crippen molar-refractivity contribution in [2.24, 2.45) is 0 Å². The van der Waals surface area contributed by atoms with Gasteiger partial charge < -0.3 is 10.0 Å². The van der Waals surface area contributed by atoms with Gasteiger partial charge in [0, 0.05) is 23.4 Å². The molecule has 1 heterocycles. The topological polar surface area (TPSA) is 101 Å². The first-order valence-corrected chi connectivity index (χ1v) is 6.93. The Morgan fingerprint density at radius 2 is 2.15 bits per heavy atom. The predicted molar refractivity (Wildman–Crippen MR) is 72.8 cm³/mol. The number of hydrogen-bond acceptors (Lipinski definition) is 5. The van der Waals surface area contributed by atoms with Gasteiger partial charge in [-0.3, -0.25) is 14.9 Å². The van der Waals surface area contributed by atoms with Gasteiger partial charge in [0.15, 0.2) is 0 Å². The van der Waals surface area contributed by atoms with Gasteiger partial charge in [-0.15, -0.1) is 11.8 Å². The summed E-state index contributed by atoms with van der Waals surface area (Å²) < 4.78 is 0. The van der Waals surface area contributed by atoms with Crippen LogP contribution in [0.4, 0.5) is 5.69 Å². The number of hydrogen-bond donors (Lipinski definition) is 1. The molecule has 1 aromatic carbocycles. The molecular formula is C12H12N2O5S. The summed E-state index contributed by atoms with van der Waals surface area (Å²) in [6.45, 7) is 1.65. The molecule has 1 amide bonds. The lowest BCUT2D eigenvalue weighted by Gasteiger charge is -2.20. The highest BCUT2D eigenvalue weighted by Crippen LogP contribution is 2.25. The third-order valence-corrected chi connectivity index (χ3v) is 3.96. The lowest BCUT2D eigenvalue weighted by atomic mass is 10.1. The molecule has 7 nitrogen and oxygen atoms in total. The van der Waals surface area contributed by atoms with Gasteiger partial charge in [0.2, 0.25) is 0 Å². The first-order chi connectivity index (χ1) is 9.40. The number of nitro benzene ring substituents is 1. The Bertz CT molecular complexity index is 589. The molecular weight excluding hydrogens is 284 g/mol. The van der Waals surface area contributed by atoms with Crippen LogP contribution in [0.2, 0.25) is 0 Å². The number of amides is 1. The maximum absolute atomic E-state index is 12.3. The summed E-state index contributed by atoms with van der Waals surface area (Å²) in [6.07, 6.45) is 0. The van der Waals surface area contributed by atoms with Crippen molar-refractivity contribution >= 4 is 29.3 Å². The normalized spacial score (nSPS) is 18.1. The Kier molecular flexibility index (Phi) is 3.93. The summed E-state index contributed by atoms with van der Waals surface area (Å²) in [7, 11) is 0.